The van der Waals surface area contributed by atoms with Crippen LogP contribution in [0.5, 0.6) is 11.5 Å². The van der Waals surface area contributed by atoms with Gasteiger partial charge in [0.2, 0.25) is 5.78 Å². The van der Waals surface area contributed by atoms with E-state index in [1.54, 1.807) is 0 Å². The Morgan fingerprint density at radius 1 is 1.26 bits per heavy atom. The topological polar surface area (TPSA) is 88.1 Å². The van der Waals surface area contributed by atoms with Crippen LogP contribution in [-0.2, 0) is 23.9 Å². The number of para-hydroxylation sites is 1. The van der Waals surface area contributed by atoms with Gasteiger partial charge in [-0.15, -0.1) is 0 Å². The predicted molar refractivity (Wildman–Crippen MR) is 83.8 cm³/mol. The summed E-state index contributed by atoms with van der Waals surface area (Å²) in [7, 11) is 0. The van der Waals surface area contributed by atoms with Crippen molar-refractivity contribution in [2.24, 2.45) is 0 Å². The van der Waals surface area contributed by atoms with Crippen molar-refractivity contribution in [3.8, 4) is 11.5 Å². The number of ketones is 1. The first-order chi connectivity index (χ1) is 12.7. The van der Waals surface area contributed by atoms with Crippen LogP contribution in [0.2, 0.25) is 0 Å². The first-order valence-corrected chi connectivity index (χ1v) is 7.71. The fourth-order valence-corrected chi connectivity index (χ4v) is 2.08. The maximum absolute atomic E-state index is 13.5. The second-order valence-corrected chi connectivity index (χ2v) is 5.25. The van der Waals surface area contributed by atoms with E-state index in [0.717, 1.165) is 19.1 Å². The Balaban J connectivity index is 2.43. The van der Waals surface area contributed by atoms with Gasteiger partial charge in [-0.3, -0.25) is 9.59 Å². The van der Waals surface area contributed by atoms with E-state index in [1.807, 2.05) is 0 Å². The molecule has 0 N–H and O–H groups in total. The Labute approximate surface area is 151 Å². The highest BCUT2D eigenvalue weighted by atomic mass is 19.3. The van der Waals surface area contributed by atoms with Gasteiger partial charge in [-0.1, -0.05) is 12.1 Å². The molecule has 0 saturated heterocycles. The fraction of sp³-hybridized carbons (Fsp3) is 0.353. The van der Waals surface area contributed by atoms with Gasteiger partial charge in [0.05, 0.1) is 6.61 Å². The zero-order valence-corrected chi connectivity index (χ0v) is 14.3. The normalized spacial score (nSPS) is 17.8. The number of rotatable bonds is 6. The van der Waals surface area contributed by atoms with Crippen LogP contribution < -0.4 is 9.47 Å². The monoisotopic (exact) mass is 388 g/mol. The second kappa shape index (κ2) is 8.11. The number of alkyl halides is 3. The van der Waals surface area contributed by atoms with Crippen molar-refractivity contribution in [1.29, 1.82) is 0 Å². The van der Waals surface area contributed by atoms with E-state index in [1.165, 1.54) is 19.1 Å². The lowest BCUT2D eigenvalue weighted by molar-refractivity contribution is -0.281. The molecule has 0 spiro atoms. The van der Waals surface area contributed by atoms with E-state index in [4.69, 9.17) is 4.74 Å². The molecule has 146 valence electrons. The van der Waals surface area contributed by atoms with Gasteiger partial charge >= 0.3 is 24.4 Å². The smallest absolute Gasteiger partial charge is 0.462 e. The average Bonchev–Trinajstić information content (AvgIpc) is 2.58. The molecule has 0 aromatic heterocycles. The van der Waals surface area contributed by atoms with E-state index >= 15 is 0 Å². The third-order valence-electron chi connectivity index (χ3n) is 3.24. The van der Waals surface area contributed by atoms with Gasteiger partial charge in [0.1, 0.15) is 5.57 Å². The minimum atomic E-state index is -4.19. The Bertz CT molecular complexity index is 789. The number of hydrogen-bond acceptors (Lipinski definition) is 7. The Hall–Kier alpha value is -3.04. The van der Waals surface area contributed by atoms with Crippen LogP contribution in [0.3, 0.4) is 0 Å². The van der Waals surface area contributed by atoms with Crippen molar-refractivity contribution in [2.75, 3.05) is 13.2 Å². The zero-order valence-electron chi connectivity index (χ0n) is 14.3. The number of Topliss-reactive ketones (excluding diaryl/α,β-unsaturated/α-hetero) is 1. The van der Waals surface area contributed by atoms with E-state index in [2.05, 4.69) is 14.2 Å². The van der Waals surface area contributed by atoms with Crippen LogP contribution in [0, 0.1) is 0 Å². The van der Waals surface area contributed by atoms with E-state index in [0.29, 0.717) is 0 Å². The van der Waals surface area contributed by atoms with Gasteiger partial charge in [-0.05, 0) is 19.1 Å². The molecule has 1 aromatic carbocycles. The summed E-state index contributed by atoms with van der Waals surface area (Å²) < 4.78 is 58.2. The molecular weight excluding hydrogens is 373 g/mol. The van der Waals surface area contributed by atoms with E-state index < -0.39 is 53.9 Å². The summed E-state index contributed by atoms with van der Waals surface area (Å²) >= 11 is 0. The maximum atomic E-state index is 13.5. The Kier molecular flexibility index (Phi) is 6.09. The summed E-state index contributed by atoms with van der Waals surface area (Å²) in [6.07, 6.45) is -6.31. The largest absolute Gasteiger partial charge is 0.468 e. The number of halogens is 3. The predicted octanol–water partition coefficient (Wildman–Crippen LogP) is 2.42. The van der Waals surface area contributed by atoms with Crippen molar-refractivity contribution >= 4 is 23.8 Å². The molecule has 1 heterocycles. The van der Waals surface area contributed by atoms with Gasteiger partial charge < -0.3 is 18.9 Å². The quantitative estimate of drug-likeness (QED) is 0.320. The molecule has 0 aliphatic carbocycles. The lowest BCUT2D eigenvalue weighted by atomic mass is 10.1. The van der Waals surface area contributed by atoms with Crippen LogP contribution in [0.25, 0.3) is 6.08 Å². The summed E-state index contributed by atoms with van der Waals surface area (Å²) in [5.41, 5.74) is -0.618. The van der Waals surface area contributed by atoms with Crippen molar-refractivity contribution in [2.45, 2.75) is 26.3 Å². The van der Waals surface area contributed by atoms with Crippen molar-refractivity contribution in [3.05, 3.63) is 29.3 Å². The molecule has 7 nitrogen and oxygen atoms in total. The summed E-state index contributed by atoms with van der Waals surface area (Å²) in [6.45, 7) is 1.78. The van der Waals surface area contributed by atoms with Crippen LogP contribution in [0.15, 0.2) is 23.8 Å². The van der Waals surface area contributed by atoms with Gasteiger partial charge in [-0.25, -0.2) is 4.79 Å². The van der Waals surface area contributed by atoms with Gasteiger partial charge in [-0.2, -0.15) is 13.2 Å². The SMILES string of the molecule is CCOC(=O)/C(=C/c1cccc2c1OC(F)C(F)(F)O2)C(=O)COC(C)=O. The third kappa shape index (κ3) is 4.78. The summed E-state index contributed by atoms with van der Waals surface area (Å²) in [5, 5.41) is 0. The van der Waals surface area contributed by atoms with Gasteiger partial charge in [0.15, 0.2) is 18.1 Å². The molecule has 1 aliphatic heterocycles. The minimum Gasteiger partial charge on any atom is -0.462 e. The molecule has 0 fully saturated rings. The second-order valence-electron chi connectivity index (χ2n) is 5.25. The standard InChI is InChI=1S/C17H15F3O7/c1-3-24-15(23)11(12(22)8-25-9(2)21)7-10-5-4-6-13-14(10)26-16(18)17(19,20)27-13/h4-7,16H,3,8H2,1-2H3/b11-7+. The number of carbonyl (C=O) groups is 3. The van der Waals surface area contributed by atoms with Crippen LogP contribution in [0.4, 0.5) is 13.2 Å². The third-order valence-corrected chi connectivity index (χ3v) is 3.24. The summed E-state index contributed by atoms with van der Waals surface area (Å²) in [5.74, 6) is -3.58. The zero-order chi connectivity index (χ0) is 20.2. The molecule has 2 rings (SSSR count). The molecule has 0 bridgehead atoms. The molecule has 1 atom stereocenters. The number of ether oxygens (including phenoxy) is 4. The Morgan fingerprint density at radius 3 is 2.59 bits per heavy atom. The van der Waals surface area contributed by atoms with E-state index in [-0.39, 0.29) is 12.2 Å². The van der Waals surface area contributed by atoms with Gasteiger partial charge in [0, 0.05) is 12.5 Å². The van der Waals surface area contributed by atoms with Crippen molar-refractivity contribution in [3.63, 3.8) is 0 Å². The fourth-order valence-electron chi connectivity index (χ4n) is 2.08. The van der Waals surface area contributed by atoms with Gasteiger partial charge in [0.25, 0.3) is 0 Å². The number of hydrogen-bond donors (Lipinski definition) is 0. The summed E-state index contributed by atoms with van der Waals surface area (Å²) in [6, 6.07) is 3.68. The molecule has 0 radical (unpaired) electrons. The average molecular weight is 388 g/mol. The summed E-state index contributed by atoms with van der Waals surface area (Å²) in [4.78, 5) is 35.1. The number of carbonyl (C=O) groups excluding carboxylic acids is 3. The van der Waals surface area contributed by atoms with Crippen molar-refractivity contribution < 1.29 is 46.5 Å². The molecular formula is C17H15F3O7. The molecule has 1 unspecified atom stereocenters. The number of fused-ring (bicyclic) bond motifs is 1. The lowest BCUT2D eigenvalue weighted by Crippen LogP contribution is -2.43. The van der Waals surface area contributed by atoms with Crippen molar-refractivity contribution in [1.82, 2.24) is 0 Å². The van der Waals surface area contributed by atoms with E-state index in [9.17, 15) is 27.6 Å². The maximum Gasteiger partial charge on any atom is 0.468 e. The number of esters is 2. The van der Waals surface area contributed by atoms with Crippen LogP contribution in [-0.4, -0.2) is 43.4 Å². The Morgan fingerprint density at radius 2 is 1.96 bits per heavy atom. The molecule has 10 heteroatoms. The molecule has 27 heavy (non-hydrogen) atoms. The minimum absolute atomic E-state index is 0.0533. The molecule has 0 saturated carbocycles. The first kappa shape index (κ1) is 20.3. The van der Waals surface area contributed by atoms with Crippen LogP contribution in [0.1, 0.15) is 19.4 Å². The molecule has 1 aromatic rings. The highest BCUT2D eigenvalue weighted by Crippen LogP contribution is 2.43. The van der Waals surface area contributed by atoms with Crippen LogP contribution >= 0.6 is 0 Å². The lowest BCUT2D eigenvalue weighted by Gasteiger charge is -2.29. The number of benzene rings is 1. The molecule has 0 amide bonds. The molecule has 1 aliphatic rings. The first-order valence-electron chi connectivity index (χ1n) is 7.71. The highest BCUT2D eigenvalue weighted by molar-refractivity contribution is 6.21. The highest BCUT2D eigenvalue weighted by Gasteiger charge is 2.50.